The number of hydrogen-bond acceptors (Lipinski definition) is 6. The van der Waals surface area contributed by atoms with Crippen molar-refractivity contribution in [3.05, 3.63) is 58.9 Å². The van der Waals surface area contributed by atoms with Gasteiger partial charge < -0.3 is 15.0 Å². The molecule has 4 rings (SSSR count). The molecule has 170 valence electrons. The molecule has 1 aliphatic rings. The van der Waals surface area contributed by atoms with Gasteiger partial charge in [0.05, 0.1) is 29.7 Å². The van der Waals surface area contributed by atoms with Crippen molar-refractivity contribution in [3.8, 4) is 0 Å². The highest BCUT2D eigenvalue weighted by atomic mass is 32.2. The Morgan fingerprint density at radius 3 is 2.88 bits per heavy atom. The Kier molecular flexibility index (Phi) is 6.22. The Balaban J connectivity index is 1.73. The smallest absolute Gasteiger partial charge is 0.232 e. The number of ketones is 1. The summed E-state index contributed by atoms with van der Waals surface area (Å²) < 4.78 is 61.4. The van der Waals surface area contributed by atoms with Crippen molar-refractivity contribution in [3.63, 3.8) is 0 Å². The summed E-state index contributed by atoms with van der Waals surface area (Å²) in [5, 5.41) is 3.59. The van der Waals surface area contributed by atoms with E-state index in [0.29, 0.717) is 30.6 Å². The first-order chi connectivity index (χ1) is 15.3. The van der Waals surface area contributed by atoms with E-state index >= 15 is 4.39 Å². The van der Waals surface area contributed by atoms with Gasteiger partial charge in [0.15, 0.2) is 5.82 Å². The Labute approximate surface area is 183 Å². The number of pyridine rings is 1. The monoisotopic (exact) mass is 464 g/mol. The molecule has 1 aliphatic heterocycles. The molecule has 1 unspecified atom stereocenters. The zero-order valence-corrected chi connectivity index (χ0v) is 18.1. The zero-order valence-electron chi connectivity index (χ0n) is 17.2. The standard InChI is InChI=1S/C21H22F2N4O4S/c1-2-7-32(29,30)27-16-4-3-15(22)18(19(16)23)20(28)14-10-26-21-13(14)8-12(9-25-21)17-11-24-5-6-31-17/h3-4,8-10,17,24,27H,2,5-7,11H2,1H3,(H,25,26). The number of rotatable bonds is 7. The predicted molar refractivity (Wildman–Crippen MR) is 115 cm³/mol. The molecule has 3 aromatic rings. The van der Waals surface area contributed by atoms with Crippen LogP contribution in [-0.2, 0) is 14.8 Å². The molecule has 0 spiro atoms. The van der Waals surface area contributed by atoms with Gasteiger partial charge in [0.2, 0.25) is 15.8 Å². The number of aromatic amines is 1. The number of aromatic nitrogens is 2. The molecule has 1 saturated heterocycles. The SMILES string of the molecule is CCCS(=O)(=O)Nc1ccc(F)c(C(=O)c2c[nH]c3ncc(C4CNCCO4)cc23)c1F. The predicted octanol–water partition coefficient (Wildman–Crippen LogP) is 2.88. The number of hydrogen-bond donors (Lipinski definition) is 3. The first-order valence-electron chi connectivity index (χ1n) is 10.1. The molecule has 11 heteroatoms. The lowest BCUT2D eigenvalue weighted by atomic mass is 10.00. The summed E-state index contributed by atoms with van der Waals surface area (Å²) in [7, 11) is -3.83. The van der Waals surface area contributed by atoms with E-state index < -0.39 is 38.7 Å². The molecule has 1 fully saturated rings. The second kappa shape index (κ2) is 8.93. The van der Waals surface area contributed by atoms with Crippen LogP contribution in [0.1, 0.15) is 40.9 Å². The topological polar surface area (TPSA) is 113 Å². The minimum absolute atomic E-state index is 0.0180. The number of nitrogens with one attached hydrogen (secondary N) is 3. The number of anilines is 1. The first-order valence-corrected chi connectivity index (χ1v) is 11.8. The fourth-order valence-corrected chi connectivity index (χ4v) is 4.76. The van der Waals surface area contributed by atoms with E-state index in [2.05, 4.69) is 20.0 Å². The van der Waals surface area contributed by atoms with E-state index in [1.807, 2.05) is 0 Å². The maximum absolute atomic E-state index is 15.1. The molecular formula is C21H22F2N4O4S. The summed E-state index contributed by atoms with van der Waals surface area (Å²) in [6.07, 6.45) is 3.00. The van der Waals surface area contributed by atoms with Crippen LogP contribution < -0.4 is 10.0 Å². The quantitative estimate of drug-likeness (QED) is 0.464. The lowest BCUT2D eigenvalue weighted by Gasteiger charge is -2.23. The summed E-state index contributed by atoms with van der Waals surface area (Å²) in [6.45, 7) is 3.49. The number of carbonyl (C=O) groups is 1. The Hall–Kier alpha value is -2.89. The number of H-pyrrole nitrogens is 1. The van der Waals surface area contributed by atoms with E-state index in [0.717, 1.165) is 24.2 Å². The number of ether oxygens (including phenoxy) is 1. The van der Waals surface area contributed by atoms with Gasteiger partial charge in [-0.3, -0.25) is 9.52 Å². The minimum atomic E-state index is -3.83. The first kappa shape index (κ1) is 22.3. The molecule has 0 aliphatic carbocycles. The van der Waals surface area contributed by atoms with Crippen LogP contribution in [0.25, 0.3) is 11.0 Å². The zero-order chi connectivity index (χ0) is 22.9. The van der Waals surface area contributed by atoms with Crippen molar-refractivity contribution in [2.75, 3.05) is 30.2 Å². The summed E-state index contributed by atoms with van der Waals surface area (Å²) >= 11 is 0. The number of benzene rings is 1. The van der Waals surface area contributed by atoms with Crippen LogP contribution in [0.5, 0.6) is 0 Å². The lowest BCUT2D eigenvalue weighted by molar-refractivity contribution is 0.0276. The molecule has 8 nitrogen and oxygen atoms in total. The van der Waals surface area contributed by atoms with E-state index in [9.17, 15) is 17.6 Å². The van der Waals surface area contributed by atoms with Gasteiger partial charge in [-0.25, -0.2) is 22.2 Å². The van der Waals surface area contributed by atoms with Gasteiger partial charge in [-0.1, -0.05) is 6.92 Å². The van der Waals surface area contributed by atoms with Gasteiger partial charge in [0, 0.05) is 42.0 Å². The maximum Gasteiger partial charge on any atom is 0.232 e. The van der Waals surface area contributed by atoms with Crippen LogP contribution in [0.3, 0.4) is 0 Å². The molecule has 0 amide bonds. The minimum Gasteiger partial charge on any atom is -0.371 e. The molecule has 3 heterocycles. The van der Waals surface area contributed by atoms with Crippen LogP contribution in [0.15, 0.2) is 30.6 Å². The molecule has 3 N–H and O–H groups in total. The third kappa shape index (κ3) is 4.36. The molecule has 0 saturated carbocycles. The van der Waals surface area contributed by atoms with Crippen molar-refractivity contribution < 1.29 is 26.7 Å². The number of sulfonamides is 1. The van der Waals surface area contributed by atoms with Crippen molar-refractivity contribution in [2.24, 2.45) is 0 Å². The van der Waals surface area contributed by atoms with E-state index in [-0.39, 0.29) is 17.4 Å². The van der Waals surface area contributed by atoms with Gasteiger partial charge >= 0.3 is 0 Å². The third-order valence-electron chi connectivity index (χ3n) is 5.15. The number of carbonyl (C=O) groups excluding carboxylic acids is 1. The highest BCUT2D eigenvalue weighted by molar-refractivity contribution is 7.92. The molecule has 0 bridgehead atoms. The van der Waals surface area contributed by atoms with Crippen LogP contribution in [0, 0.1) is 11.6 Å². The summed E-state index contributed by atoms with van der Waals surface area (Å²) in [6, 6.07) is 3.52. The molecular weight excluding hydrogens is 442 g/mol. The van der Waals surface area contributed by atoms with Crippen LogP contribution in [0.2, 0.25) is 0 Å². The lowest BCUT2D eigenvalue weighted by Crippen LogP contribution is -2.33. The maximum atomic E-state index is 15.1. The Bertz CT molecular complexity index is 1270. The van der Waals surface area contributed by atoms with Crippen molar-refractivity contribution in [1.82, 2.24) is 15.3 Å². The van der Waals surface area contributed by atoms with Crippen LogP contribution in [0.4, 0.5) is 14.5 Å². The largest absolute Gasteiger partial charge is 0.371 e. The van der Waals surface area contributed by atoms with Gasteiger partial charge in [-0.05, 0) is 24.6 Å². The van der Waals surface area contributed by atoms with Crippen molar-refractivity contribution in [2.45, 2.75) is 19.4 Å². The fourth-order valence-electron chi connectivity index (χ4n) is 3.62. The molecule has 1 aromatic carbocycles. The van der Waals surface area contributed by atoms with Gasteiger partial charge in [0.25, 0.3) is 0 Å². The summed E-state index contributed by atoms with van der Waals surface area (Å²) in [5.41, 5.74) is -0.210. The van der Waals surface area contributed by atoms with E-state index in [1.54, 1.807) is 19.2 Å². The number of morpholine rings is 1. The fraction of sp³-hybridized carbons (Fsp3) is 0.333. The van der Waals surface area contributed by atoms with Gasteiger partial charge in [-0.2, -0.15) is 0 Å². The van der Waals surface area contributed by atoms with Crippen molar-refractivity contribution in [1.29, 1.82) is 0 Å². The highest BCUT2D eigenvalue weighted by Crippen LogP contribution is 2.29. The average molecular weight is 464 g/mol. The third-order valence-corrected chi connectivity index (χ3v) is 6.63. The van der Waals surface area contributed by atoms with Gasteiger partial charge in [0.1, 0.15) is 11.5 Å². The Morgan fingerprint density at radius 1 is 1.34 bits per heavy atom. The van der Waals surface area contributed by atoms with E-state index in [1.165, 1.54) is 6.20 Å². The van der Waals surface area contributed by atoms with Gasteiger partial charge in [-0.15, -0.1) is 0 Å². The molecule has 32 heavy (non-hydrogen) atoms. The number of nitrogens with zero attached hydrogens (tertiary/aromatic N) is 1. The number of fused-ring (bicyclic) bond motifs is 1. The average Bonchev–Trinajstić information content (AvgIpc) is 3.19. The summed E-state index contributed by atoms with van der Waals surface area (Å²) in [5.74, 6) is -3.52. The second-order valence-corrected chi connectivity index (χ2v) is 9.31. The van der Waals surface area contributed by atoms with Crippen molar-refractivity contribution >= 4 is 32.5 Å². The molecule has 1 atom stereocenters. The molecule has 0 radical (unpaired) electrons. The highest BCUT2D eigenvalue weighted by Gasteiger charge is 2.26. The van der Waals surface area contributed by atoms with E-state index in [4.69, 9.17) is 4.74 Å². The van der Waals surface area contributed by atoms with Crippen LogP contribution >= 0.6 is 0 Å². The number of halogens is 2. The Morgan fingerprint density at radius 2 is 2.16 bits per heavy atom. The normalized spacial score (nSPS) is 16.9. The molecule has 2 aromatic heterocycles. The van der Waals surface area contributed by atoms with Crippen LogP contribution in [-0.4, -0.2) is 49.6 Å². The summed E-state index contributed by atoms with van der Waals surface area (Å²) in [4.78, 5) is 20.3. The second-order valence-electron chi connectivity index (χ2n) is 7.46.